The zero-order valence-electron chi connectivity index (χ0n) is 9.39. The van der Waals surface area contributed by atoms with Gasteiger partial charge in [0.25, 0.3) is 0 Å². The number of aryl methyl sites for hydroxylation is 2. The summed E-state index contributed by atoms with van der Waals surface area (Å²) in [6.45, 7) is 9.96. The standard InChI is InChI=1S/C8H15N3.C2H6/c1-4-9-5-8-10-7(2)6-11(8)3;1-2/h6,9H,4-5H2,1-3H3;1-2H3. The molecule has 0 aromatic carbocycles. The van der Waals surface area contributed by atoms with Gasteiger partial charge >= 0.3 is 0 Å². The summed E-state index contributed by atoms with van der Waals surface area (Å²) < 4.78 is 2.05. The van der Waals surface area contributed by atoms with Crippen molar-refractivity contribution in [3.8, 4) is 0 Å². The van der Waals surface area contributed by atoms with Crippen LogP contribution in [0.25, 0.3) is 0 Å². The van der Waals surface area contributed by atoms with Crippen LogP contribution in [-0.4, -0.2) is 16.1 Å². The minimum absolute atomic E-state index is 0.862. The molecule has 0 amide bonds. The summed E-state index contributed by atoms with van der Waals surface area (Å²) in [7, 11) is 2.02. The average Bonchev–Trinajstić information content (AvgIpc) is 2.45. The first-order valence-corrected chi connectivity index (χ1v) is 4.93. The maximum Gasteiger partial charge on any atom is 0.122 e. The molecule has 3 nitrogen and oxygen atoms in total. The highest BCUT2D eigenvalue weighted by molar-refractivity contribution is 5.00. The number of rotatable bonds is 3. The molecule has 0 bridgehead atoms. The highest BCUT2D eigenvalue weighted by Crippen LogP contribution is 1.98. The van der Waals surface area contributed by atoms with E-state index in [0.717, 1.165) is 24.6 Å². The third-order valence-corrected chi connectivity index (χ3v) is 1.63. The number of nitrogens with one attached hydrogen (secondary N) is 1. The maximum atomic E-state index is 4.35. The Kier molecular flexibility index (Phi) is 6.24. The van der Waals surface area contributed by atoms with Crippen LogP contribution in [-0.2, 0) is 13.6 Å². The summed E-state index contributed by atoms with van der Waals surface area (Å²) in [4.78, 5) is 4.35. The van der Waals surface area contributed by atoms with Gasteiger partial charge in [-0.3, -0.25) is 0 Å². The van der Waals surface area contributed by atoms with Gasteiger partial charge in [0, 0.05) is 13.2 Å². The summed E-state index contributed by atoms with van der Waals surface area (Å²) >= 11 is 0. The Morgan fingerprint density at radius 1 is 1.46 bits per heavy atom. The van der Waals surface area contributed by atoms with Crippen LogP contribution >= 0.6 is 0 Å². The van der Waals surface area contributed by atoms with Crippen LogP contribution in [0.4, 0.5) is 0 Å². The van der Waals surface area contributed by atoms with Crippen LogP contribution in [0, 0.1) is 6.92 Å². The van der Waals surface area contributed by atoms with Crippen LogP contribution in [0.2, 0.25) is 0 Å². The van der Waals surface area contributed by atoms with E-state index in [1.165, 1.54) is 0 Å². The van der Waals surface area contributed by atoms with E-state index in [1.54, 1.807) is 0 Å². The van der Waals surface area contributed by atoms with Crippen molar-refractivity contribution in [2.24, 2.45) is 7.05 Å². The van der Waals surface area contributed by atoms with Crippen LogP contribution in [0.15, 0.2) is 6.20 Å². The molecule has 0 unspecified atom stereocenters. The third kappa shape index (κ3) is 4.08. The molecule has 0 fully saturated rings. The number of hydrogen-bond donors (Lipinski definition) is 1. The second kappa shape index (κ2) is 6.66. The molecule has 1 heterocycles. The molecule has 0 aliphatic carbocycles. The van der Waals surface area contributed by atoms with Gasteiger partial charge in [0.05, 0.1) is 12.2 Å². The van der Waals surface area contributed by atoms with E-state index < -0.39 is 0 Å². The van der Waals surface area contributed by atoms with E-state index in [1.807, 2.05) is 34.0 Å². The summed E-state index contributed by atoms with van der Waals surface area (Å²) in [5, 5.41) is 3.24. The summed E-state index contributed by atoms with van der Waals surface area (Å²) in [6, 6.07) is 0. The molecule has 0 saturated heterocycles. The minimum atomic E-state index is 0.862. The molecule has 0 spiro atoms. The lowest BCUT2D eigenvalue weighted by atomic mass is 10.5. The molecule has 76 valence electrons. The van der Waals surface area contributed by atoms with Gasteiger partial charge in [-0.05, 0) is 13.5 Å². The van der Waals surface area contributed by atoms with E-state index >= 15 is 0 Å². The van der Waals surface area contributed by atoms with E-state index in [9.17, 15) is 0 Å². The van der Waals surface area contributed by atoms with E-state index in [4.69, 9.17) is 0 Å². The van der Waals surface area contributed by atoms with Gasteiger partial charge < -0.3 is 9.88 Å². The molecular weight excluding hydrogens is 162 g/mol. The molecule has 0 atom stereocenters. The van der Waals surface area contributed by atoms with Gasteiger partial charge in [-0.25, -0.2) is 4.98 Å². The van der Waals surface area contributed by atoms with E-state index in [0.29, 0.717) is 0 Å². The molecule has 0 radical (unpaired) electrons. The van der Waals surface area contributed by atoms with Crippen molar-refractivity contribution in [1.29, 1.82) is 0 Å². The van der Waals surface area contributed by atoms with Crippen molar-refractivity contribution in [2.45, 2.75) is 34.2 Å². The van der Waals surface area contributed by atoms with Crippen molar-refractivity contribution in [3.63, 3.8) is 0 Å². The Morgan fingerprint density at radius 3 is 2.46 bits per heavy atom. The normalized spacial score (nSPS) is 9.31. The molecule has 1 aromatic heterocycles. The molecule has 3 heteroatoms. The lowest BCUT2D eigenvalue weighted by Gasteiger charge is -2.00. The Morgan fingerprint density at radius 2 is 2.08 bits per heavy atom. The monoisotopic (exact) mass is 183 g/mol. The Bertz CT molecular complexity index is 228. The second-order valence-electron chi connectivity index (χ2n) is 2.69. The molecule has 13 heavy (non-hydrogen) atoms. The zero-order valence-corrected chi connectivity index (χ0v) is 9.39. The largest absolute Gasteiger partial charge is 0.337 e. The van der Waals surface area contributed by atoms with E-state index in [-0.39, 0.29) is 0 Å². The van der Waals surface area contributed by atoms with Crippen molar-refractivity contribution in [3.05, 3.63) is 17.7 Å². The fourth-order valence-electron chi connectivity index (χ4n) is 1.07. The topological polar surface area (TPSA) is 29.9 Å². The number of imidazole rings is 1. The van der Waals surface area contributed by atoms with Crippen molar-refractivity contribution < 1.29 is 0 Å². The lowest BCUT2D eigenvalue weighted by molar-refractivity contribution is 0.661. The lowest BCUT2D eigenvalue weighted by Crippen LogP contribution is -2.14. The van der Waals surface area contributed by atoms with Crippen LogP contribution in [0.3, 0.4) is 0 Å². The number of nitrogens with zero attached hydrogens (tertiary/aromatic N) is 2. The van der Waals surface area contributed by atoms with Crippen molar-refractivity contribution in [1.82, 2.24) is 14.9 Å². The minimum Gasteiger partial charge on any atom is -0.337 e. The van der Waals surface area contributed by atoms with Gasteiger partial charge in [-0.1, -0.05) is 20.8 Å². The predicted molar refractivity (Wildman–Crippen MR) is 56.7 cm³/mol. The van der Waals surface area contributed by atoms with Gasteiger partial charge in [-0.2, -0.15) is 0 Å². The fraction of sp³-hybridized carbons (Fsp3) is 0.700. The molecule has 0 aliphatic heterocycles. The highest BCUT2D eigenvalue weighted by atomic mass is 15.1. The molecule has 1 N–H and O–H groups in total. The van der Waals surface area contributed by atoms with Crippen LogP contribution in [0.1, 0.15) is 32.3 Å². The van der Waals surface area contributed by atoms with Crippen LogP contribution < -0.4 is 5.32 Å². The Labute approximate surface area is 81.2 Å². The molecule has 1 rings (SSSR count). The first-order valence-electron chi connectivity index (χ1n) is 4.93. The number of hydrogen-bond acceptors (Lipinski definition) is 2. The zero-order chi connectivity index (χ0) is 10.3. The van der Waals surface area contributed by atoms with Crippen molar-refractivity contribution in [2.75, 3.05) is 6.54 Å². The Hall–Kier alpha value is -0.830. The van der Waals surface area contributed by atoms with Gasteiger partial charge in [0.1, 0.15) is 5.82 Å². The summed E-state index contributed by atoms with van der Waals surface area (Å²) in [5.41, 5.74) is 1.08. The van der Waals surface area contributed by atoms with Crippen molar-refractivity contribution >= 4 is 0 Å². The quantitative estimate of drug-likeness (QED) is 0.775. The van der Waals surface area contributed by atoms with Gasteiger partial charge in [-0.15, -0.1) is 0 Å². The molecule has 0 aliphatic rings. The molecular formula is C10H21N3. The maximum absolute atomic E-state index is 4.35. The van der Waals surface area contributed by atoms with E-state index in [2.05, 4.69) is 21.8 Å². The van der Waals surface area contributed by atoms with Gasteiger partial charge in [0.15, 0.2) is 0 Å². The first-order chi connectivity index (χ1) is 6.24. The summed E-state index contributed by atoms with van der Waals surface area (Å²) in [6.07, 6.45) is 2.03. The summed E-state index contributed by atoms with van der Waals surface area (Å²) in [5.74, 6) is 1.10. The highest BCUT2D eigenvalue weighted by Gasteiger charge is 1.99. The third-order valence-electron chi connectivity index (χ3n) is 1.63. The fourth-order valence-corrected chi connectivity index (χ4v) is 1.07. The Balaban J connectivity index is 0.000000671. The molecule has 1 aromatic rings. The first kappa shape index (κ1) is 12.2. The van der Waals surface area contributed by atoms with Gasteiger partial charge in [0.2, 0.25) is 0 Å². The molecule has 0 saturated carbocycles. The van der Waals surface area contributed by atoms with Crippen LogP contribution in [0.5, 0.6) is 0 Å². The SMILES string of the molecule is CC.CCNCc1nc(C)cn1C. The number of aromatic nitrogens is 2. The predicted octanol–water partition coefficient (Wildman–Crippen LogP) is 1.86. The smallest absolute Gasteiger partial charge is 0.122 e. The average molecular weight is 183 g/mol. The second-order valence-corrected chi connectivity index (χ2v) is 2.69.